The van der Waals surface area contributed by atoms with E-state index in [-0.39, 0.29) is 0 Å². The Hall–Kier alpha value is 0.354. The van der Waals surface area contributed by atoms with Gasteiger partial charge in [-0.2, -0.15) is 0 Å². The van der Waals surface area contributed by atoms with Crippen molar-refractivity contribution >= 4 is 16.6 Å². The normalized spacial score (nSPS) is 31.7. The fourth-order valence-corrected chi connectivity index (χ4v) is 12.5. The minimum atomic E-state index is -1.51. The lowest BCUT2D eigenvalue weighted by atomic mass is 9.68. The highest BCUT2D eigenvalue weighted by Crippen LogP contribution is 2.53. The van der Waals surface area contributed by atoms with E-state index >= 15 is 0 Å². The van der Waals surface area contributed by atoms with Gasteiger partial charge in [0.1, 0.15) is 0 Å². The SMILES string of the molecule is CC[Si](CC)(CC)OCC(C)C1CCC2C(O[Si](CC)(CC)CC)CC[C@@H](C)C12. The van der Waals surface area contributed by atoms with Crippen LogP contribution in [0.4, 0.5) is 0 Å². The summed E-state index contributed by atoms with van der Waals surface area (Å²) in [5, 5.41) is 0. The Balaban J connectivity index is 2.06. The van der Waals surface area contributed by atoms with E-state index in [4.69, 9.17) is 8.85 Å². The average molecular weight is 441 g/mol. The van der Waals surface area contributed by atoms with E-state index in [9.17, 15) is 0 Å². The Morgan fingerprint density at radius 2 is 1.31 bits per heavy atom. The molecule has 0 spiro atoms. The van der Waals surface area contributed by atoms with Crippen LogP contribution in [0.1, 0.15) is 81.1 Å². The zero-order valence-corrected chi connectivity index (χ0v) is 23.1. The first-order valence-electron chi connectivity index (χ1n) is 13.2. The van der Waals surface area contributed by atoms with Gasteiger partial charge >= 0.3 is 0 Å². The molecule has 0 amide bonds. The summed E-state index contributed by atoms with van der Waals surface area (Å²) in [5.74, 6) is 4.09. The molecule has 4 heteroatoms. The summed E-state index contributed by atoms with van der Waals surface area (Å²) in [6.07, 6.45) is 6.04. The monoisotopic (exact) mass is 440 g/mol. The highest BCUT2D eigenvalue weighted by Gasteiger charge is 2.49. The van der Waals surface area contributed by atoms with Crippen LogP contribution < -0.4 is 0 Å². The molecule has 2 fully saturated rings. The van der Waals surface area contributed by atoms with E-state index in [1.807, 2.05) is 0 Å². The first-order chi connectivity index (χ1) is 13.8. The molecule has 0 aromatic rings. The quantitative estimate of drug-likeness (QED) is 0.285. The molecule has 2 rings (SSSR count). The van der Waals surface area contributed by atoms with Crippen LogP contribution in [0.2, 0.25) is 36.3 Å². The summed E-state index contributed by atoms with van der Waals surface area (Å²) in [7, 11) is -2.98. The van der Waals surface area contributed by atoms with E-state index in [0.717, 1.165) is 30.3 Å². The lowest BCUT2D eigenvalue weighted by Gasteiger charge is -2.45. The maximum Gasteiger partial charge on any atom is 0.192 e. The summed E-state index contributed by atoms with van der Waals surface area (Å²) >= 11 is 0. The molecule has 0 N–H and O–H groups in total. The third kappa shape index (κ3) is 5.59. The van der Waals surface area contributed by atoms with Crippen molar-refractivity contribution in [1.29, 1.82) is 0 Å². The van der Waals surface area contributed by atoms with Gasteiger partial charge in [0.15, 0.2) is 16.6 Å². The van der Waals surface area contributed by atoms with Gasteiger partial charge in [-0.1, -0.05) is 55.4 Å². The highest BCUT2D eigenvalue weighted by atomic mass is 28.4. The van der Waals surface area contributed by atoms with E-state index in [2.05, 4.69) is 55.4 Å². The van der Waals surface area contributed by atoms with Crippen molar-refractivity contribution in [2.45, 2.75) is 123 Å². The first-order valence-corrected chi connectivity index (χ1v) is 18.2. The molecule has 0 aromatic carbocycles. The van der Waals surface area contributed by atoms with Crippen LogP contribution in [0, 0.1) is 29.6 Å². The van der Waals surface area contributed by atoms with Crippen molar-refractivity contribution in [3.63, 3.8) is 0 Å². The van der Waals surface area contributed by atoms with Crippen LogP contribution in [0.5, 0.6) is 0 Å². The van der Waals surface area contributed by atoms with Gasteiger partial charge in [-0.3, -0.25) is 0 Å². The minimum absolute atomic E-state index is 0.552. The van der Waals surface area contributed by atoms with Crippen LogP contribution in [-0.2, 0) is 8.85 Å². The number of rotatable bonds is 12. The van der Waals surface area contributed by atoms with E-state index in [0.29, 0.717) is 12.0 Å². The number of hydrogen-bond acceptors (Lipinski definition) is 2. The topological polar surface area (TPSA) is 18.5 Å². The summed E-state index contributed by atoms with van der Waals surface area (Å²) in [6, 6.07) is 7.67. The van der Waals surface area contributed by atoms with Crippen molar-refractivity contribution < 1.29 is 8.85 Å². The molecule has 172 valence electrons. The summed E-state index contributed by atoms with van der Waals surface area (Å²) in [4.78, 5) is 0. The van der Waals surface area contributed by atoms with Crippen LogP contribution in [0.25, 0.3) is 0 Å². The second-order valence-corrected chi connectivity index (χ2v) is 20.0. The number of hydrogen-bond donors (Lipinski definition) is 0. The Kier molecular flexibility index (Phi) is 9.97. The Morgan fingerprint density at radius 1 is 0.759 bits per heavy atom. The van der Waals surface area contributed by atoms with Crippen LogP contribution in [0.3, 0.4) is 0 Å². The second-order valence-electron chi connectivity index (χ2n) is 10.5. The third-order valence-electron chi connectivity index (χ3n) is 9.51. The van der Waals surface area contributed by atoms with Gasteiger partial charge in [-0.25, -0.2) is 0 Å². The largest absolute Gasteiger partial charge is 0.417 e. The summed E-state index contributed by atoms with van der Waals surface area (Å²) < 4.78 is 13.8. The molecule has 2 aliphatic carbocycles. The highest BCUT2D eigenvalue weighted by molar-refractivity contribution is 6.74. The molecule has 2 saturated carbocycles. The Morgan fingerprint density at radius 3 is 1.83 bits per heavy atom. The molecule has 0 heterocycles. The molecular weight excluding hydrogens is 388 g/mol. The fraction of sp³-hybridized carbons (Fsp3) is 1.00. The van der Waals surface area contributed by atoms with Crippen LogP contribution in [-0.4, -0.2) is 29.3 Å². The van der Waals surface area contributed by atoms with Gasteiger partial charge in [-0.15, -0.1) is 0 Å². The fourth-order valence-electron chi connectivity index (χ4n) is 6.82. The molecule has 0 saturated heterocycles. The molecular formula is C25H52O2Si2. The van der Waals surface area contributed by atoms with Crippen molar-refractivity contribution in [3.05, 3.63) is 0 Å². The maximum absolute atomic E-state index is 7.10. The summed E-state index contributed by atoms with van der Waals surface area (Å²) in [5.41, 5.74) is 0. The minimum Gasteiger partial charge on any atom is -0.417 e. The van der Waals surface area contributed by atoms with Gasteiger partial charge in [0.05, 0.1) is 0 Å². The molecule has 6 atom stereocenters. The molecule has 5 unspecified atom stereocenters. The summed E-state index contributed by atoms with van der Waals surface area (Å²) in [6.45, 7) is 20.2. The third-order valence-corrected chi connectivity index (χ3v) is 18.8. The molecule has 2 aliphatic rings. The average Bonchev–Trinajstić information content (AvgIpc) is 3.21. The Labute approximate surface area is 185 Å². The molecule has 0 aliphatic heterocycles. The van der Waals surface area contributed by atoms with Crippen molar-refractivity contribution in [2.24, 2.45) is 29.6 Å². The van der Waals surface area contributed by atoms with Gasteiger partial charge in [0, 0.05) is 12.7 Å². The van der Waals surface area contributed by atoms with Gasteiger partial charge in [0.25, 0.3) is 0 Å². The zero-order chi connectivity index (χ0) is 21.7. The van der Waals surface area contributed by atoms with Gasteiger partial charge in [0.2, 0.25) is 0 Å². The van der Waals surface area contributed by atoms with Crippen LogP contribution >= 0.6 is 0 Å². The molecule has 2 nitrogen and oxygen atoms in total. The predicted molar refractivity (Wildman–Crippen MR) is 132 cm³/mol. The standard InChI is InChI=1S/C25H52O2Si2/c1-9-28(10-2,11-3)26-19-21(8)22-16-17-23-24(18-15-20(7)25(22)23)27-29(12-4,13-5)14-6/h20-25H,9-19H2,1-8H3/t20-,21?,22?,23?,24?,25?/m1/s1. The van der Waals surface area contributed by atoms with E-state index < -0.39 is 16.6 Å². The molecule has 29 heavy (non-hydrogen) atoms. The van der Waals surface area contributed by atoms with E-state index in [1.54, 1.807) is 0 Å². The lowest BCUT2D eigenvalue weighted by molar-refractivity contribution is 0.00751. The first kappa shape index (κ1) is 25.6. The molecule has 0 bridgehead atoms. The van der Waals surface area contributed by atoms with Gasteiger partial charge in [-0.05, 0) is 91.5 Å². The molecule has 0 aromatic heterocycles. The van der Waals surface area contributed by atoms with Crippen molar-refractivity contribution in [2.75, 3.05) is 6.61 Å². The smallest absolute Gasteiger partial charge is 0.192 e. The van der Waals surface area contributed by atoms with Gasteiger partial charge < -0.3 is 8.85 Å². The van der Waals surface area contributed by atoms with Crippen LogP contribution in [0.15, 0.2) is 0 Å². The van der Waals surface area contributed by atoms with E-state index in [1.165, 1.54) is 61.9 Å². The lowest BCUT2D eigenvalue weighted by Crippen LogP contribution is -2.47. The zero-order valence-electron chi connectivity index (χ0n) is 21.1. The Bertz CT molecular complexity index is 459. The molecule has 0 radical (unpaired) electrons. The predicted octanol–water partition coefficient (Wildman–Crippen LogP) is 8.11. The van der Waals surface area contributed by atoms with Crippen molar-refractivity contribution in [1.82, 2.24) is 0 Å². The second kappa shape index (κ2) is 11.3. The van der Waals surface area contributed by atoms with Crippen molar-refractivity contribution in [3.8, 4) is 0 Å². The number of fused-ring (bicyclic) bond motifs is 1. The maximum atomic E-state index is 7.10.